The molecule has 0 unspecified atom stereocenters. The van der Waals surface area contributed by atoms with Crippen molar-refractivity contribution in [1.82, 2.24) is 5.32 Å². The predicted molar refractivity (Wildman–Crippen MR) is 92.0 cm³/mol. The molecule has 0 heterocycles. The van der Waals surface area contributed by atoms with E-state index in [2.05, 4.69) is 10.6 Å². The van der Waals surface area contributed by atoms with Crippen LogP contribution in [0.2, 0.25) is 10.0 Å². The Morgan fingerprint density at radius 3 is 2.61 bits per heavy atom. The maximum Gasteiger partial charge on any atom is 0.319 e. The van der Waals surface area contributed by atoms with Gasteiger partial charge in [-0.05, 0) is 30.3 Å². The van der Waals surface area contributed by atoms with Crippen molar-refractivity contribution in [3.8, 4) is 11.5 Å². The van der Waals surface area contributed by atoms with Crippen molar-refractivity contribution in [2.24, 2.45) is 0 Å². The van der Waals surface area contributed by atoms with Gasteiger partial charge in [-0.2, -0.15) is 0 Å². The highest BCUT2D eigenvalue weighted by atomic mass is 35.5. The van der Waals surface area contributed by atoms with Gasteiger partial charge in [-0.25, -0.2) is 4.79 Å². The molecular weight excluding hydrogens is 339 g/mol. The molecule has 2 aromatic rings. The minimum atomic E-state index is -0.391. The van der Waals surface area contributed by atoms with Gasteiger partial charge < -0.3 is 20.1 Å². The Labute approximate surface area is 144 Å². The van der Waals surface area contributed by atoms with E-state index in [-0.39, 0.29) is 0 Å². The zero-order valence-corrected chi connectivity index (χ0v) is 13.9. The van der Waals surface area contributed by atoms with Gasteiger partial charge in [0.2, 0.25) is 0 Å². The lowest BCUT2D eigenvalue weighted by Gasteiger charge is -2.12. The molecule has 2 rings (SSSR count). The standard InChI is InChI=1S/C16H16Cl2N2O3/c1-22-14-4-2-3-5-15(14)23-9-8-19-16(21)20-13-10-11(17)6-7-12(13)18/h2-7,10H,8-9H2,1H3,(H2,19,20,21). The van der Waals surface area contributed by atoms with Crippen LogP contribution in [0.4, 0.5) is 10.5 Å². The Kier molecular flexibility index (Phi) is 6.38. The van der Waals surface area contributed by atoms with Crippen LogP contribution >= 0.6 is 23.2 Å². The first-order valence-electron chi connectivity index (χ1n) is 6.86. The molecule has 0 fully saturated rings. The number of ether oxygens (including phenoxy) is 2. The molecule has 2 aromatic carbocycles. The van der Waals surface area contributed by atoms with Crippen LogP contribution in [0, 0.1) is 0 Å². The molecule has 0 saturated heterocycles. The Hall–Kier alpha value is -2.11. The number of amides is 2. The van der Waals surface area contributed by atoms with E-state index in [1.165, 1.54) is 0 Å². The fraction of sp³-hybridized carbons (Fsp3) is 0.188. The molecule has 23 heavy (non-hydrogen) atoms. The van der Waals surface area contributed by atoms with Crippen LogP contribution in [0.3, 0.4) is 0 Å². The smallest absolute Gasteiger partial charge is 0.319 e. The van der Waals surface area contributed by atoms with Crippen molar-refractivity contribution < 1.29 is 14.3 Å². The highest BCUT2D eigenvalue weighted by molar-refractivity contribution is 6.35. The average molecular weight is 355 g/mol. The van der Waals surface area contributed by atoms with Gasteiger partial charge in [0.15, 0.2) is 11.5 Å². The summed E-state index contributed by atoms with van der Waals surface area (Å²) in [5, 5.41) is 6.20. The van der Waals surface area contributed by atoms with Crippen LogP contribution in [0.25, 0.3) is 0 Å². The maximum atomic E-state index is 11.8. The third kappa shape index (κ3) is 5.23. The van der Waals surface area contributed by atoms with Crippen LogP contribution in [-0.4, -0.2) is 26.3 Å². The first kappa shape index (κ1) is 17.2. The number of para-hydroxylation sites is 2. The molecule has 2 N–H and O–H groups in total. The molecule has 0 aliphatic rings. The average Bonchev–Trinajstić information content (AvgIpc) is 2.55. The third-order valence-electron chi connectivity index (χ3n) is 2.89. The number of hydrogen-bond acceptors (Lipinski definition) is 3. The van der Waals surface area contributed by atoms with Gasteiger partial charge in [-0.3, -0.25) is 0 Å². The summed E-state index contributed by atoms with van der Waals surface area (Å²) >= 11 is 11.8. The molecule has 0 aliphatic carbocycles. The number of benzene rings is 2. The summed E-state index contributed by atoms with van der Waals surface area (Å²) in [5.41, 5.74) is 0.447. The number of halogens is 2. The van der Waals surface area contributed by atoms with Gasteiger partial charge in [0.25, 0.3) is 0 Å². The first-order chi connectivity index (χ1) is 11.1. The molecule has 0 bridgehead atoms. The summed E-state index contributed by atoms with van der Waals surface area (Å²) in [6, 6.07) is 11.7. The second-order valence-corrected chi connectivity index (χ2v) is 5.35. The summed E-state index contributed by atoms with van der Waals surface area (Å²) in [5.74, 6) is 1.26. The van der Waals surface area contributed by atoms with Gasteiger partial charge in [0, 0.05) is 5.02 Å². The zero-order chi connectivity index (χ0) is 16.7. The first-order valence-corrected chi connectivity index (χ1v) is 7.61. The number of hydrogen-bond donors (Lipinski definition) is 2. The molecule has 0 saturated carbocycles. The molecule has 0 aromatic heterocycles. The van der Waals surface area contributed by atoms with Crippen LogP contribution in [0.1, 0.15) is 0 Å². The Bertz CT molecular complexity index is 680. The number of carbonyl (C=O) groups excluding carboxylic acids is 1. The normalized spacial score (nSPS) is 10.0. The van der Waals surface area contributed by atoms with E-state index in [4.69, 9.17) is 32.7 Å². The Morgan fingerprint density at radius 2 is 1.87 bits per heavy atom. The van der Waals surface area contributed by atoms with E-state index < -0.39 is 6.03 Å². The van der Waals surface area contributed by atoms with Crippen LogP contribution in [-0.2, 0) is 0 Å². The van der Waals surface area contributed by atoms with E-state index in [0.29, 0.717) is 40.4 Å². The van der Waals surface area contributed by atoms with Crippen LogP contribution < -0.4 is 20.1 Å². The monoisotopic (exact) mass is 354 g/mol. The second kappa shape index (κ2) is 8.50. The quantitative estimate of drug-likeness (QED) is 0.764. The summed E-state index contributed by atoms with van der Waals surface area (Å²) in [4.78, 5) is 11.8. The summed E-state index contributed by atoms with van der Waals surface area (Å²) < 4.78 is 10.7. The van der Waals surface area contributed by atoms with E-state index in [9.17, 15) is 4.79 Å². The number of nitrogens with one attached hydrogen (secondary N) is 2. The largest absolute Gasteiger partial charge is 0.493 e. The lowest BCUT2D eigenvalue weighted by Crippen LogP contribution is -2.32. The van der Waals surface area contributed by atoms with Gasteiger partial charge in [-0.15, -0.1) is 0 Å². The minimum Gasteiger partial charge on any atom is -0.493 e. The van der Waals surface area contributed by atoms with Crippen molar-refractivity contribution in [3.63, 3.8) is 0 Å². The molecule has 0 atom stereocenters. The predicted octanol–water partition coefficient (Wildman–Crippen LogP) is 4.20. The summed E-state index contributed by atoms with van der Waals surface area (Å²) in [6.07, 6.45) is 0. The van der Waals surface area contributed by atoms with E-state index in [1.807, 2.05) is 12.1 Å². The molecule has 0 spiro atoms. The van der Waals surface area contributed by atoms with Crippen LogP contribution in [0.15, 0.2) is 42.5 Å². The number of rotatable bonds is 6. The fourth-order valence-corrected chi connectivity index (χ4v) is 2.16. The zero-order valence-electron chi connectivity index (χ0n) is 12.4. The lowest BCUT2D eigenvalue weighted by atomic mass is 10.3. The lowest BCUT2D eigenvalue weighted by molar-refractivity contribution is 0.246. The third-order valence-corrected chi connectivity index (χ3v) is 3.46. The minimum absolute atomic E-state index is 0.303. The van der Waals surface area contributed by atoms with E-state index in [1.54, 1.807) is 37.4 Å². The molecule has 5 nitrogen and oxygen atoms in total. The highest BCUT2D eigenvalue weighted by Gasteiger charge is 2.06. The molecule has 0 radical (unpaired) electrons. The summed E-state index contributed by atoms with van der Waals surface area (Å²) in [6.45, 7) is 0.624. The maximum absolute atomic E-state index is 11.8. The number of methoxy groups -OCH3 is 1. The molecule has 122 valence electrons. The van der Waals surface area contributed by atoms with Gasteiger partial charge in [-0.1, -0.05) is 35.3 Å². The second-order valence-electron chi connectivity index (χ2n) is 4.50. The number of urea groups is 1. The highest BCUT2D eigenvalue weighted by Crippen LogP contribution is 2.26. The Balaban J connectivity index is 1.78. The fourth-order valence-electron chi connectivity index (χ4n) is 1.82. The number of anilines is 1. The van der Waals surface area contributed by atoms with E-state index >= 15 is 0 Å². The SMILES string of the molecule is COc1ccccc1OCCNC(=O)Nc1cc(Cl)ccc1Cl. The van der Waals surface area contributed by atoms with Gasteiger partial charge in [0.05, 0.1) is 24.4 Å². The van der Waals surface area contributed by atoms with Crippen molar-refractivity contribution in [2.75, 3.05) is 25.6 Å². The van der Waals surface area contributed by atoms with Crippen LogP contribution in [0.5, 0.6) is 11.5 Å². The summed E-state index contributed by atoms with van der Waals surface area (Å²) in [7, 11) is 1.57. The van der Waals surface area contributed by atoms with Crippen molar-refractivity contribution in [1.29, 1.82) is 0 Å². The van der Waals surface area contributed by atoms with Gasteiger partial charge in [0.1, 0.15) is 6.61 Å². The molecule has 7 heteroatoms. The van der Waals surface area contributed by atoms with Crippen molar-refractivity contribution >= 4 is 34.9 Å². The van der Waals surface area contributed by atoms with Gasteiger partial charge >= 0.3 is 6.03 Å². The number of carbonyl (C=O) groups is 1. The Morgan fingerprint density at radius 1 is 1.13 bits per heavy atom. The molecule has 2 amide bonds. The van der Waals surface area contributed by atoms with E-state index in [0.717, 1.165) is 0 Å². The molecule has 0 aliphatic heterocycles. The van der Waals surface area contributed by atoms with Crippen molar-refractivity contribution in [3.05, 3.63) is 52.5 Å². The molecular formula is C16H16Cl2N2O3. The van der Waals surface area contributed by atoms with Crippen molar-refractivity contribution in [2.45, 2.75) is 0 Å². The topological polar surface area (TPSA) is 59.6 Å².